The van der Waals surface area contributed by atoms with Gasteiger partial charge < -0.3 is 14.5 Å². The van der Waals surface area contributed by atoms with Gasteiger partial charge >= 0.3 is 5.97 Å². The number of benzene rings is 1. The van der Waals surface area contributed by atoms with Crippen molar-refractivity contribution in [1.29, 1.82) is 0 Å². The Morgan fingerprint density at radius 1 is 1.15 bits per heavy atom. The van der Waals surface area contributed by atoms with Gasteiger partial charge in [0.2, 0.25) is 5.91 Å². The molecule has 1 N–H and O–H groups in total. The van der Waals surface area contributed by atoms with Crippen molar-refractivity contribution in [2.45, 2.75) is 26.3 Å². The molecule has 0 atom stereocenters. The number of carbonyl (C=O) groups excluding carboxylic acids is 2. The number of amides is 1. The number of piperidine rings is 1. The number of hydrogen-bond donors (Lipinski definition) is 1. The van der Waals surface area contributed by atoms with Gasteiger partial charge in [-0.1, -0.05) is 12.1 Å². The van der Waals surface area contributed by atoms with Gasteiger partial charge in [-0.2, -0.15) is 0 Å². The fraction of sp³-hybridized carbons (Fsp3) is 0.429. The van der Waals surface area contributed by atoms with E-state index < -0.39 is 0 Å². The topological polar surface area (TPSA) is 71.8 Å². The molecular weight excluding hydrogens is 344 g/mol. The number of carbonyl (C=O) groups is 2. The van der Waals surface area contributed by atoms with E-state index in [2.05, 4.69) is 10.2 Å². The van der Waals surface area contributed by atoms with E-state index >= 15 is 0 Å². The molecule has 1 aliphatic heterocycles. The van der Waals surface area contributed by atoms with Crippen LogP contribution in [0.5, 0.6) is 0 Å². The molecule has 0 aliphatic carbocycles. The number of rotatable bonds is 6. The van der Waals surface area contributed by atoms with Crippen molar-refractivity contribution in [3.8, 4) is 11.3 Å². The predicted molar refractivity (Wildman–Crippen MR) is 102 cm³/mol. The van der Waals surface area contributed by atoms with Crippen LogP contribution in [0, 0.1) is 5.92 Å². The molecule has 0 unspecified atom stereocenters. The third kappa shape index (κ3) is 5.20. The Morgan fingerprint density at radius 2 is 1.85 bits per heavy atom. The van der Waals surface area contributed by atoms with Crippen molar-refractivity contribution in [2.75, 3.05) is 26.7 Å². The molecule has 0 bridgehead atoms. The summed E-state index contributed by atoms with van der Waals surface area (Å²) < 4.78 is 10.7. The van der Waals surface area contributed by atoms with Crippen LogP contribution in [0.4, 0.5) is 0 Å². The number of furan rings is 1. The lowest BCUT2D eigenvalue weighted by Gasteiger charge is -2.31. The minimum atomic E-state index is -0.344. The highest BCUT2D eigenvalue weighted by atomic mass is 16.5. The molecule has 6 heteroatoms. The third-order valence-electron chi connectivity index (χ3n) is 4.98. The van der Waals surface area contributed by atoms with Crippen molar-refractivity contribution < 1.29 is 18.7 Å². The van der Waals surface area contributed by atoms with Crippen LogP contribution in [-0.4, -0.2) is 43.5 Å². The van der Waals surface area contributed by atoms with Crippen LogP contribution in [0.15, 0.2) is 40.8 Å². The molecule has 144 valence electrons. The Kier molecular flexibility index (Phi) is 6.29. The summed E-state index contributed by atoms with van der Waals surface area (Å²) in [4.78, 5) is 24.9. The summed E-state index contributed by atoms with van der Waals surface area (Å²) in [5.74, 6) is 1.98. The molecule has 1 fully saturated rings. The Morgan fingerprint density at radius 3 is 2.48 bits per heavy atom. The van der Waals surface area contributed by atoms with E-state index in [0.717, 1.165) is 56.1 Å². The molecule has 1 saturated heterocycles. The summed E-state index contributed by atoms with van der Waals surface area (Å²) in [6.45, 7) is 5.14. The quantitative estimate of drug-likeness (QED) is 0.791. The molecule has 2 aromatic rings. The maximum absolute atomic E-state index is 11.5. The first-order valence-electron chi connectivity index (χ1n) is 9.29. The lowest BCUT2D eigenvalue weighted by atomic mass is 9.97. The van der Waals surface area contributed by atoms with E-state index in [4.69, 9.17) is 9.15 Å². The predicted octanol–water partition coefficient (Wildman–Crippen LogP) is 3.08. The smallest absolute Gasteiger partial charge is 0.337 e. The first kappa shape index (κ1) is 19.2. The Bertz CT molecular complexity index is 774. The standard InChI is InChI=1S/C21H26N2O4/c1-15(24)22-13-16-9-11-23(12-10-16)14-19-7-8-20(27-19)17-3-5-18(6-4-17)21(25)26-2/h3-8,16H,9-14H2,1-2H3,(H,22,24). The van der Waals surface area contributed by atoms with Crippen molar-refractivity contribution in [2.24, 2.45) is 5.92 Å². The first-order valence-corrected chi connectivity index (χ1v) is 9.29. The van der Waals surface area contributed by atoms with E-state index in [9.17, 15) is 9.59 Å². The molecule has 0 saturated carbocycles. The van der Waals surface area contributed by atoms with Gasteiger partial charge in [0.1, 0.15) is 11.5 Å². The van der Waals surface area contributed by atoms with E-state index in [-0.39, 0.29) is 11.9 Å². The summed E-state index contributed by atoms with van der Waals surface area (Å²) in [5.41, 5.74) is 1.46. The second-order valence-electron chi connectivity index (χ2n) is 6.99. The van der Waals surface area contributed by atoms with E-state index in [1.54, 1.807) is 19.1 Å². The van der Waals surface area contributed by atoms with Gasteiger partial charge in [-0.3, -0.25) is 9.69 Å². The zero-order chi connectivity index (χ0) is 19.2. The molecule has 1 amide bonds. The normalized spacial score (nSPS) is 15.5. The highest BCUT2D eigenvalue weighted by Gasteiger charge is 2.20. The van der Waals surface area contributed by atoms with E-state index in [1.165, 1.54) is 7.11 Å². The zero-order valence-corrected chi connectivity index (χ0v) is 15.9. The maximum atomic E-state index is 11.5. The number of nitrogens with one attached hydrogen (secondary N) is 1. The Balaban J connectivity index is 1.53. The van der Waals surface area contributed by atoms with Gasteiger partial charge in [-0.25, -0.2) is 4.79 Å². The molecule has 1 aliphatic rings. The lowest BCUT2D eigenvalue weighted by Crippen LogP contribution is -2.37. The van der Waals surface area contributed by atoms with Gasteiger partial charge in [0.05, 0.1) is 19.2 Å². The average Bonchev–Trinajstić information content (AvgIpc) is 3.15. The van der Waals surface area contributed by atoms with Crippen LogP contribution >= 0.6 is 0 Å². The summed E-state index contributed by atoms with van der Waals surface area (Å²) in [6, 6.07) is 11.2. The molecule has 1 aromatic carbocycles. The Labute approximate surface area is 159 Å². The van der Waals surface area contributed by atoms with Gasteiger partial charge in [0, 0.05) is 19.0 Å². The number of methoxy groups -OCH3 is 1. The minimum absolute atomic E-state index is 0.0418. The molecule has 6 nitrogen and oxygen atoms in total. The van der Waals surface area contributed by atoms with Crippen LogP contribution in [0.25, 0.3) is 11.3 Å². The van der Waals surface area contributed by atoms with Crippen molar-refractivity contribution >= 4 is 11.9 Å². The van der Waals surface area contributed by atoms with Crippen molar-refractivity contribution in [1.82, 2.24) is 10.2 Å². The van der Waals surface area contributed by atoms with E-state index in [1.807, 2.05) is 24.3 Å². The molecule has 27 heavy (non-hydrogen) atoms. The first-order chi connectivity index (χ1) is 13.0. The minimum Gasteiger partial charge on any atom is -0.465 e. The SMILES string of the molecule is COC(=O)c1ccc(-c2ccc(CN3CCC(CNC(C)=O)CC3)o2)cc1. The number of ether oxygens (including phenoxy) is 1. The van der Waals surface area contributed by atoms with Gasteiger partial charge in [-0.05, 0) is 56.1 Å². The number of hydrogen-bond acceptors (Lipinski definition) is 5. The average molecular weight is 370 g/mol. The molecule has 3 rings (SSSR count). The number of likely N-dealkylation sites (tertiary alicyclic amines) is 1. The third-order valence-corrected chi connectivity index (χ3v) is 4.98. The summed E-state index contributed by atoms with van der Waals surface area (Å²) in [5, 5.41) is 2.91. The largest absolute Gasteiger partial charge is 0.465 e. The van der Waals surface area contributed by atoms with Gasteiger partial charge in [0.15, 0.2) is 0 Å². The van der Waals surface area contributed by atoms with E-state index in [0.29, 0.717) is 11.5 Å². The van der Waals surface area contributed by atoms with Crippen LogP contribution in [-0.2, 0) is 16.1 Å². The summed E-state index contributed by atoms with van der Waals surface area (Å²) in [6.07, 6.45) is 2.17. The highest BCUT2D eigenvalue weighted by Crippen LogP contribution is 2.25. The number of esters is 1. The van der Waals surface area contributed by atoms with Crippen molar-refractivity contribution in [3.05, 3.63) is 47.7 Å². The molecule has 1 aromatic heterocycles. The lowest BCUT2D eigenvalue weighted by molar-refractivity contribution is -0.119. The monoisotopic (exact) mass is 370 g/mol. The maximum Gasteiger partial charge on any atom is 0.337 e. The zero-order valence-electron chi connectivity index (χ0n) is 15.9. The summed E-state index contributed by atoms with van der Waals surface area (Å²) in [7, 11) is 1.37. The Hall–Kier alpha value is -2.60. The van der Waals surface area contributed by atoms with Crippen LogP contribution < -0.4 is 5.32 Å². The molecule has 2 heterocycles. The molecular formula is C21H26N2O4. The highest BCUT2D eigenvalue weighted by molar-refractivity contribution is 5.89. The van der Waals surface area contributed by atoms with Crippen LogP contribution in [0.1, 0.15) is 35.9 Å². The van der Waals surface area contributed by atoms with Gasteiger partial charge in [-0.15, -0.1) is 0 Å². The fourth-order valence-corrected chi connectivity index (χ4v) is 3.36. The molecule has 0 radical (unpaired) electrons. The molecule has 0 spiro atoms. The fourth-order valence-electron chi connectivity index (χ4n) is 3.36. The summed E-state index contributed by atoms with van der Waals surface area (Å²) >= 11 is 0. The van der Waals surface area contributed by atoms with Crippen LogP contribution in [0.2, 0.25) is 0 Å². The van der Waals surface area contributed by atoms with Gasteiger partial charge in [0.25, 0.3) is 0 Å². The van der Waals surface area contributed by atoms with Crippen molar-refractivity contribution in [3.63, 3.8) is 0 Å². The second kappa shape index (κ2) is 8.86. The number of nitrogens with zero attached hydrogens (tertiary/aromatic N) is 1. The van der Waals surface area contributed by atoms with Crippen LogP contribution in [0.3, 0.4) is 0 Å². The second-order valence-corrected chi connectivity index (χ2v) is 6.99.